The maximum atomic E-state index is 5.08. The van der Waals surface area contributed by atoms with Crippen molar-refractivity contribution in [3.8, 4) is 18.2 Å². The third-order valence-electron chi connectivity index (χ3n) is 2.01. The predicted octanol–water partition coefficient (Wildman–Crippen LogP) is 2.76. The first-order valence-corrected chi connectivity index (χ1v) is 4.61. The van der Waals surface area contributed by atoms with E-state index in [1.807, 2.05) is 37.3 Å². The highest BCUT2D eigenvalue weighted by molar-refractivity contribution is 6.10. The van der Waals surface area contributed by atoms with Crippen LogP contribution in [0.2, 0.25) is 0 Å². The molecule has 76 valence electrons. The van der Waals surface area contributed by atoms with Crippen LogP contribution < -0.4 is 4.74 Å². The van der Waals surface area contributed by atoms with Crippen LogP contribution >= 0.6 is 0 Å². The number of ether oxygens (including phenoxy) is 1. The van der Waals surface area contributed by atoms with Crippen LogP contribution in [0.5, 0.6) is 5.75 Å². The van der Waals surface area contributed by atoms with Crippen molar-refractivity contribution >= 4 is 11.8 Å². The summed E-state index contributed by atoms with van der Waals surface area (Å²) in [5, 5.41) is 0. The van der Waals surface area contributed by atoms with Gasteiger partial charge in [-0.3, -0.25) is 0 Å². The third-order valence-corrected chi connectivity index (χ3v) is 2.01. The van der Waals surface area contributed by atoms with Gasteiger partial charge >= 0.3 is 0 Å². The summed E-state index contributed by atoms with van der Waals surface area (Å²) in [4.78, 5) is 3.77. The molecule has 15 heavy (non-hydrogen) atoms. The van der Waals surface area contributed by atoms with Gasteiger partial charge in [-0.25, -0.2) is 4.99 Å². The Morgan fingerprint density at radius 3 is 2.53 bits per heavy atom. The summed E-state index contributed by atoms with van der Waals surface area (Å²) in [6, 6.07) is 9.98. The number of hydrogen-bond donors (Lipinski definition) is 0. The van der Waals surface area contributed by atoms with Crippen molar-refractivity contribution in [3.63, 3.8) is 0 Å². The maximum Gasteiger partial charge on any atom is 0.118 e. The van der Waals surface area contributed by atoms with Gasteiger partial charge in [-0.1, -0.05) is 24.6 Å². The van der Waals surface area contributed by atoms with Crippen molar-refractivity contribution in [3.05, 3.63) is 35.9 Å². The van der Waals surface area contributed by atoms with Crippen molar-refractivity contribution < 1.29 is 4.74 Å². The molecule has 0 unspecified atom stereocenters. The van der Waals surface area contributed by atoms with Gasteiger partial charge in [-0.2, -0.15) is 0 Å². The molecule has 0 fully saturated rings. The van der Waals surface area contributed by atoms with Crippen molar-refractivity contribution in [1.82, 2.24) is 0 Å². The first kappa shape index (κ1) is 11.1. The molecule has 0 aliphatic rings. The van der Waals surface area contributed by atoms with Crippen LogP contribution in [0, 0.1) is 12.5 Å². The minimum Gasteiger partial charge on any atom is -0.497 e. The third kappa shape index (κ3) is 2.99. The van der Waals surface area contributed by atoms with Gasteiger partial charge in [0.15, 0.2) is 0 Å². The molecule has 0 amide bonds. The zero-order valence-electron chi connectivity index (χ0n) is 8.90. The zero-order valence-corrected chi connectivity index (χ0v) is 8.90. The van der Waals surface area contributed by atoms with E-state index in [2.05, 4.69) is 11.0 Å². The number of hydrogen-bond acceptors (Lipinski definition) is 2. The van der Waals surface area contributed by atoms with Gasteiger partial charge in [0.1, 0.15) is 5.75 Å². The normalized spacial score (nSPS) is 11.4. The largest absolute Gasteiger partial charge is 0.497 e. The number of terminal acetylenes is 1. The maximum absolute atomic E-state index is 5.08. The Morgan fingerprint density at radius 2 is 2.07 bits per heavy atom. The van der Waals surface area contributed by atoms with E-state index in [9.17, 15) is 0 Å². The van der Waals surface area contributed by atoms with E-state index in [-0.39, 0.29) is 0 Å². The Balaban J connectivity index is 2.95. The molecule has 0 saturated heterocycles. The molecule has 0 heterocycles. The van der Waals surface area contributed by atoms with Crippen LogP contribution in [-0.2, 0) is 0 Å². The Hall–Kier alpha value is -2.01. The summed E-state index contributed by atoms with van der Waals surface area (Å²) >= 11 is 0. The van der Waals surface area contributed by atoms with Crippen molar-refractivity contribution in [1.29, 1.82) is 0 Å². The molecule has 0 saturated carbocycles. The molecule has 0 bridgehead atoms. The predicted molar refractivity (Wildman–Crippen MR) is 64.0 cm³/mol. The van der Waals surface area contributed by atoms with Crippen molar-refractivity contribution in [2.45, 2.75) is 6.92 Å². The molecule has 0 atom stereocenters. The van der Waals surface area contributed by atoms with Crippen LogP contribution in [0.25, 0.3) is 5.57 Å². The van der Waals surface area contributed by atoms with Crippen LogP contribution in [-0.4, -0.2) is 13.3 Å². The second kappa shape index (κ2) is 5.66. The molecule has 0 N–H and O–H groups in total. The second-order valence-corrected chi connectivity index (χ2v) is 2.86. The molecule has 2 heteroatoms. The number of aliphatic imine (C=N–C) groups is 1. The lowest BCUT2D eigenvalue weighted by molar-refractivity contribution is 0.415. The number of nitrogens with zero attached hydrogens (tertiary/aromatic N) is 1. The van der Waals surface area contributed by atoms with Gasteiger partial charge in [-0.05, 0) is 30.2 Å². The number of methoxy groups -OCH3 is 1. The van der Waals surface area contributed by atoms with Crippen LogP contribution in [0.4, 0.5) is 0 Å². The molecule has 1 aromatic rings. The Morgan fingerprint density at radius 1 is 1.40 bits per heavy atom. The molecule has 0 aliphatic heterocycles. The lowest BCUT2D eigenvalue weighted by Gasteiger charge is -2.03. The number of rotatable bonds is 3. The lowest BCUT2D eigenvalue weighted by atomic mass is 10.1. The minimum absolute atomic E-state index is 0.836. The fourth-order valence-corrected chi connectivity index (χ4v) is 1.21. The van der Waals surface area contributed by atoms with Crippen molar-refractivity contribution in [2.75, 3.05) is 7.11 Å². The standard InChI is InChI=1S/C13H13NO/c1-4-11(10-14-5-2)12-6-8-13(15-3)9-7-12/h2,4,6-10H,1,3H3/b11-4+,14-10?. The topological polar surface area (TPSA) is 21.6 Å². The summed E-state index contributed by atoms with van der Waals surface area (Å²) in [7, 11) is 1.64. The summed E-state index contributed by atoms with van der Waals surface area (Å²) in [6.45, 7) is 1.95. The fourth-order valence-electron chi connectivity index (χ4n) is 1.21. The van der Waals surface area contributed by atoms with E-state index < -0.39 is 0 Å². The van der Waals surface area contributed by atoms with Crippen LogP contribution in [0.1, 0.15) is 12.5 Å². The number of benzene rings is 1. The highest BCUT2D eigenvalue weighted by atomic mass is 16.5. The first-order valence-electron chi connectivity index (χ1n) is 4.61. The summed E-state index contributed by atoms with van der Waals surface area (Å²) < 4.78 is 5.08. The van der Waals surface area contributed by atoms with Gasteiger partial charge in [-0.15, -0.1) is 0 Å². The highest BCUT2D eigenvalue weighted by Gasteiger charge is 1.97. The van der Waals surface area contributed by atoms with E-state index in [0.717, 1.165) is 16.9 Å². The molecular weight excluding hydrogens is 186 g/mol. The molecule has 0 aliphatic carbocycles. The minimum atomic E-state index is 0.836. The van der Waals surface area contributed by atoms with Crippen molar-refractivity contribution in [2.24, 2.45) is 4.99 Å². The molecule has 1 rings (SSSR count). The lowest BCUT2D eigenvalue weighted by Crippen LogP contribution is -1.87. The van der Waals surface area contributed by atoms with E-state index in [1.165, 1.54) is 0 Å². The van der Waals surface area contributed by atoms with Gasteiger partial charge in [0, 0.05) is 12.3 Å². The first-order chi connectivity index (χ1) is 7.31. The Bertz CT molecular complexity index is 407. The molecular formula is C13H13NO. The monoisotopic (exact) mass is 199 g/mol. The van der Waals surface area contributed by atoms with Gasteiger partial charge in [0.2, 0.25) is 0 Å². The number of allylic oxidation sites excluding steroid dienone is 2. The summed E-state index contributed by atoms with van der Waals surface area (Å²) in [5.74, 6) is 0.836. The van der Waals surface area contributed by atoms with Crippen LogP contribution in [0.15, 0.2) is 35.3 Å². The fraction of sp³-hybridized carbons (Fsp3) is 0.154. The summed E-state index contributed by atoms with van der Waals surface area (Å²) in [5.41, 5.74) is 2.06. The molecule has 0 radical (unpaired) electrons. The van der Waals surface area contributed by atoms with Gasteiger partial charge in [0.25, 0.3) is 0 Å². The Kier molecular flexibility index (Phi) is 4.18. The molecule has 2 nitrogen and oxygen atoms in total. The zero-order chi connectivity index (χ0) is 11.1. The molecule has 1 aromatic carbocycles. The van der Waals surface area contributed by atoms with Gasteiger partial charge < -0.3 is 4.74 Å². The van der Waals surface area contributed by atoms with E-state index in [1.54, 1.807) is 13.3 Å². The second-order valence-electron chi connectivity index (χ2n) is 2.86. The summed E-state index contributed by atoms with van der Waals surface area (Å²) in [6.07, 6.45) is 8.69. The van der Waals surface area contributed by atoms with Gasteiger partial charge in [0.05, 0.1) is 7.11 Å². The van der Waals surface area contributed by atoms with E-state index >= 15 is 0 Å². The molecule has 0 aromatic heterocycles. The average molecular weight is 199 g/mol. The SMILES string of the molecule is C#CN=C/C(=C\C)c1ccc(OC)cc1. The quantitative estimate of drug-likeness (QED) is 0.542. The highest BCUT2D eigenvalue weighted by Crippen LogP contribution is 2.17. The van der Waals surface area contributed by atoms with Crippen LogP contribution in [0.3, 0.4) is 0 Å². The van der Waals surface area contributed by atoms with E-state index in [4.69, 9.17) is 11.2 Å². The smallest absolute Gasteiger partial charge is 0.118 e. The Labute approximate surface area is 90.3 Å². The molecule has 0 spiro atoms. The van der Waals surface area contributed by atoms with E-state index in [0.29, 0.717) is 0 Å². The average Bonchev–Trinajstić information content (AvgIpc) is 2.31.